The number of hydrogen-bond donors (Lipinski definition) is 1. The zero-order chi connectivity index (χ0) is 14.5. The van der Waals surface area contributed by atoms with Crippen LogP contribution in [-0.2, 0) is 11.2 Å². The SMILES string of the molecule is CC(C)c1ccc(CC(=O)Nc2ccc(Br)cn2)cc1. The molecule has 2 rings (SSSR count). The van der Waals surface area contributed by atoms with E-state index in [1.165, 1.54) is 5.56 Å². The van der Waals surface area contributed by atoms with Crippen molar-refractivity contribution in [3.8, 4) is 0 Å². The van der Waals surface area contributed by atoms with Crippen molar-refractivity contribution in [2.24, 2.45) is 0 Å². The van der Waals surface area contributed by atoms with Crippen LogP contribution >= 0.6 is 15.9 Å². The zero-order valence-electron chi connectivity index (χ0n) is 11.6. The molecule has 3 nitrogen and oxygen atoms in total. The third-order valence-corrected chi connectivity index (χ3v) is 3.48. The molecule has 0 spiro atoms. The molecular formula is C16H17BrN2O. The first-order valence-electron chi connectivity index (χ1n) is 6.55. The molecule has 1 amide bonds. The Kier molecular flexibility index (Phi) is 4.90. The van der Waals surface area contributed by atoms with Crippen molar-refractivity contribution in [3.63, 3.8) is 0 Å². The van der Waals surface area contributed by atoms with Crippen LogP contribution in [0.3, 0.4) is 0 Å². The maximum absolute atomic E-state index is 11.9. The van der Waals surface area contributed by atoms with Crippen molar-refractivity contribution in [2.45, 2.75) is 26.2 Å². The predicted molar refractivity (Wildman–Crippen MR) is 84.8 cm³/mol. The molecule has 1 aromatic heterocycles. The minimum absolute atomic E-state index is 0.0582. The summed E-state index contributed by atoms with van der Waals surface area (Å²) in [5.74, 6) is 1.01. The van der Waals surface area contributed by atoms with Crippen molar-refractivity contribution in [1.82, 2.24) is 4.98 Å². The summed E-state index contributed by atoms with van der Waals surface area (Å²) in [5.41, 5.74) is 2.28. The normalized spacial score (nSPS) is 10.6. The smallest absolute Gasteiger partial charge is 0.229 e. The number of carbonyl (C=O) groups is 1. The standard InChI is InChI=1S/C16H17BrN2O/c1-11(2)13-5-3-12(4-6-13)9-16(20)19-15-8-7-14(17)10-18-15/h3-8,10-11H,9H2,1-2H3,(H,18,19,20). The third-order valence-electron chi connectivity index (χ3n) is 3.01. The average molecular weight is 333 g/mol. The lowest BCUT2D eigenvalue weighted by molar-refractivity contribution is -0.115. The van der Waals surface area contributed by atoms with E-state index in [0.717, 1.165) is 10.0 Å². The Bertz CT molecular complexity index is 576. The highest BCUT2D eigenvalue weighted by molar-refractivity contribution is 9.10. The molecule has 0 aliphatic heterocycles. The summed E-state index contributed by atoms with van der Waals surface area (Å²) in [6.07, 6.45) is 2.02. The van der Waals surface area contributed by atoms with Gasteiger partial charge in [0, 0.05) is 10.7 Å². The third kappa shape index (κ3) is 4.17. The van der Waals surface area contributed by atoms with Crippen molar-refractivity contribution >= 4 is 27.7 Å². The van der Waals surface area contributed by atoms with Gasteiger partial charge in [0.1, 0.15) is 5.82 Å². The second-order valence-corrected chi connectivity index (χ2v) is 5.90. The molecule has 0 aliphatic rings. The van der Waals surface area contributed by atoms with Crippen molar-refractivity contribution < 1.29 is 4.79 Å². The summed E-state index contributed by atoms with van der Waals surface area (Å²) in [5, 5.41) is 2.78. The van der Waals surface area contributed by atoms with Crippen molar-refractivity contribution in [1.29, 1.82) is 0 Å². The fourth-order valence-electron chi connectivity index (χ4n) is 1.84. The van der Waals surface area contributed by atoms with Crippen LogP contribution in [0.2, 0.25) is 0 Å². The van der Waals surface area contributed by atoms with E-state index >= 15 is 0 Å². The number of benzene rings is 1. The highest BCUT2D eigenvalue weighted by Crippen LogP contribution is 2.15. The topological polar surface area (TPSA) is 42.0 Å². The molecule has 0 fully saturated rings. The molecular weight excluding hydrogens is 316 g/mol. The zero-order valence-corrected chi connectivity index (χ0v) is 13.1. The van der Waals surface area contributed by atoms with Gasteiger partial charge in [-0.05, 0) is 45.1 Å². The number of pyridine rings is 1. The summed E-state index contributed by atoms with van der Waals surface area (Å²) < 4.78 is 0.889. The van der Waals surface area contributed by atoms with Gasteiger partial charge in [-0.2, -0.15) is 0 Å². The quantitative estimate of drug-likeness (QED) is 0.913. The summed E-state index contributed by atoms with van der Waals surface area (Å²) in [4.78, 5) is 16.0. The molecule has 0 bridgehead atoms. The summed E-state index contributed by atoms with van der Waals surface area (Å²) in [6.45, 7) is 4.31. The Labute approximate surface area is 127 Å². The maximum Gasteiger partial charge on any atom is 0.229 e. The number of carbonyl (C=O) groups excluding carboxylic acids is 1. The molecule has 1 N–H and O–H groups in total. The minimum atomic E-state index is -0.0582. The Hall–Kier alpha value is -1.68. The number of aromatic nitrogens is 1. The van der Waals surface area contributed by atoms with Gasteiger partial charge in [0.25, 0.3) is 0 Å². The van der Waals surface area contributed by atoms with Gasteiger partial charge in [-0.15, -0.1) is 0 Å². The van der Waals surface area contributed by atoms with Crippen LogP contribution in [0.1, 0.15) is 30.9 Å². The highest BCUT2D eigenvalue weighted by atomic mass is 79.9. The Morgan fingerprint density at radius 2 is 1.90 bits per heavy atom. The maximum atomic E-state index is 11.9. The Balaban J connectivity index is 1.95. The number of halogens is 1. The van der Waals surface area contributed by atoms with Crippen LogP contribution in [0, 0.1) is 0 Å². The largest absolute Gasteiger partial charge is 0.310 e. The van der Waals surface area contributed by atoms with E-state index < -0.39 is 0 Å². The van der Waals surface area contributed by atoms with E-state index in [1.807, 2.05) is 18.2 Å². The van der Waals surface area contributed by atoms with Gasteiger partial charge >= 0.3 is 0 Å². The molecule has 0 atom stereocenters. The number of nitrogens with one attached hydrogen (secondary N) is 1. The van der Waals surface area contributed by atoms with Gasteiger partial charge in [0.15, 0.2) is 0 Å². The van der Waals surface area contributed by atoms with Crippen LogP contribution in [0.15, 0.2) is 47.1 Å². The molecule has 0 saturated carbocycles. The molecule has 2 aromatic rings. The number of amides is 1. The lowest BCUT2D eigenvalue weighted by Crippen LogP contribution is -2.15. The van der Waals surface area contributed by atoms with Crippen LogP contribution in [-0.4, -0.2) is 10.9 Å². The molecule has 1 heterocycles. The second kappa shape index (κ2) is 6.66. The highest BCUT2D eigenvalue weighted by Gasteiger charge is 2.06. The number of hydrogen-bond acceptors (Lipinski definition) is 2. The lowest BCUT2D eigenvalue weighted by Gasteiger charge is -2.07. The monoisotopic (exact) mass is 332 g/mol. The summed E-state index contributed by atoms with van der Waals surface area (Å²) in [6, 6.07) is 11.8. The van der Waals surface area contributed by atoms with E-state index in [1.54, 1.807) is 12.3 Å². The summed E-state index contributed by atoms with van der Waals surface area (Å²) >= 11 is 3.31. The van der Waals surface area contributed by atoms with E-state index in [4.69, 9.17) is 0 Å². The molecule has 20 heavy (non-hydrogen) atoms. The summed E-state index contributed by atoms with van der Waals surface area (Å²) in [7, 11) is 0. The first kappa shape index (κ1) is 14.7. The van der Waals surface area contributed by atoms with E-state index in [2.05, 4.69) is 52.2 Å². The first-order valence-corrected chi connectivity index (χ1v) is 7.34. The van der Waals surface area contributed by atoms with E-state index in [-0.39, 0.29) is 5.91 Å². The van der Waals surface area contributed by atoms with Crippen molar-refractivity contribution in [3.05, 3.63) is 58.2 Å². The van der Waals surface area contributed by atoms with Gasteiger partial charge in [-0.1, -0.05) is 38.1 Å². The van der Waals surface area contributed by atoms with E-state index in [9.17, 15) is 4.79 Å². The van der Waals surface area contributed by atoms with Crippen LogP contribution in [0.25, 0.3) is 0 Å². The average Bonchev–Trinajstić information content (AvgIpc) is 2.42. The number of anilines is 1. The lowest BCUT2D eigenvalue weighted by atomic mass is 10.0. The predicted octanol–water partition coefficient (Wildman–Crippen LogP) is 4.15. The first-order chi connectivity index (χ1) is 9.54. The molecule has 1 aromatic carbocycles. The molecule has 0 aliphatic carbocycles. The van der Waals surface area contributed by atoms with Gasteiger partial charge in [-0.25, -0.2) is 4.98 Å². The fraction of sp³-hybridized carbons (Fsp3) is 0.250. The second-order valence-electron chi connectivity index (χ2n) is 4.98. The molecule has 0 unspecified atom stereocenters. The van der Waals surface area contributed by atoms with Crippen LogP contribution in [0.5, 0.6) is 0 Å². The molecule has 104 valence electrons. The minimum Gasteiger partial charge on any atom is -0.310 e. The Morgan fingerprint density at radius 1 is 1.20 bits per heavy atom. The van der Waals surface area contributed by atoms with Gasteiger partial charge in [0.2, 0.25) is 5.91 Å². The van der Waals surface area contributed by atoms with Gasteiger partial charge in [0.05, 0.1) is 6.42 Å². The number of rotatable bonds is 4. The van der Waals surface area contributed by atoms with Crippen LogP contribution in [0.4, 0.5) is 5.82 Å². The number of nitrogens with zero attached hydrogens (tertiary/aromatic N) is 1. The van der Waals surface area contributed by atoms with Crippen molar-refractivity contribution in [2.75, 3.05) is 5.32 Å². The molecule has 0 saturated heterocycles. The van der Waals surface area contributed by atoms with Crippen LogP contribution < -0.4 is 5.32 Å². The van der Waals surface area contributed by atoms with Gasteiger partial charge < -0.3 is 5.32 Å². The molecule has 0 radical (unpaired) electrons. The fourth-order valence-corrected chi connectivity index (χ4v) is 2.08. The van der Waals surface area contributed by atoms with E-state index in [0.29, 0.717) is 18.2 Å². The van der Waals surface area contributed by atoms with Gasteiger partial charge in [-0.3, -0.25) is 4.79 Å². The molecule has 4 heteroatoms. The Morgan fingerprint density at radius 3 is 2.45 bits per heavy atom.